The third-order valence-electron chi connectivity index (χ3n) is 4.65. The molecule has 2 aromatic carbocycles. The highest BCUT2D eigenvalue weighted by Gasteiger charge is 2.40. The SMILES string of the molecule is CC(C)(C)[Si](C)(C)Oc1c(F)cc(-c2c(F)cc(C=O)cc2F)cc1F. The van der Waals surface area contributed by atoms with Gasteiger partial charge < -0.3 is 4.43 Å². The Morgan fingerprint density at radius 3 is 1.73 bits per heavy atom. The van der Waals surface area contributed by atoms with Gasteiger partial charge in [-0.05, 0) is 48.0 Å². The zero-order chi connectivity index (χ0) is 19.9. The van der Waals surface area contributed by atoms with Crippen molar-refractivity contribution in [1.29, 1.82) is 0 Å². The van der Waals surface area contributed by atoms with Crippen LogP contribution in [0.1, 0.15) is 31.1 Å². The predicted octanol–water partition coefficient (Wildman–Crippen LogP) is 6.11. The number of hydrogen-bond donors (Lipinski definition) is 0. The molecule has 140 valence electrons. The quantitative estimate of drug-likeness (QED) is 0.361. The molecule has 0 saturated carbocycles. The van der Waals surface area contributed by atoms with E-state index in [1.54, 1.807) is 0 Å². The van der Waals surface area contributed by atoms with E-state index in [4.69, 9.17) is 4.43 Å². The van der Waals surface area contributed by atoms with E-state index in [0.717, 1.165) is 24.3 Å². The molecule has 0 atom stereocenters. The molecule has 0 fully saturated rings. The number of hydrogen-bond acceptors (Lipinski definition) is 2. The van der Waals surface area contributed by atoms with Gasteiger partial charge in [0.1, 0.15) is 17.9 Å². The van der Waals surface area contributed by atoms with E-state index in [2.05, 4.69) is 0 Å². The Kier molecular flexibility index (Phi) is 5.33. The standard InChI is InChI=1S/C19H20F4O2Si/c1-19(2,3)26(4,5)25-18-15(22)8-12(9-16(18)23)17-13(20)6-11(10-24)7-14(17)21/h6-10H,1-5H3. The van der Waals surface area contributed by atoms with Crippen LogP contribution in [0.25, 0.3) is 11.1 Å². The van der Waals surface area contributed by atoms with Gasteiger partial charge in [0.25, 0.3) is 8.32 Å². The van der Waals surface area contributed by atoms with Crippen molar-refractivity contribution in [3.8, 4) is 16.9 Å². The molecule has 0 amide bonds. The van der Waals surface area contributed by atoms with Gasteiger partial charge in [-0.2, -0.15) is 0 Å². The largest absolute Gasteiger partial charge is 0.540 e. The van der Waals surface area contributed by atoms with E-state index in [0.29, 0.717) is 0 Å². The summed E-state index contributed by atoms with van der Waals surface area (Å²) in [4.78, 5) is 10.7. The van der Waals surface area contributed by atoms with Gasteiger partial charge in [-0.25, -0.2) is 17.6 Å². The summed E-state index contributed by atoms with van der Waals surface area (Å²) in [5, 5.41) is -0.284. The molecule has 0 N–H and O–H groups in total. The molecule has 0 spiro atoms. The fourth-order valence-corrected chi connectivity index (χ4v) is 3.16. The Balaban J connectivity index is 2.53. The molecular weight excluding hydrogens is 364 g/mol. The number of carbonyl (C=O) groups excluding carboxylic acids is 1. The highest BCUT2D eigenvalue weighted by atomic mass is 28.4. The van der Waals surface area contributed by atoms with Gasteiger partial charge in [-0.3, -0.25) is 4.79 Å². The Morgan fingerprint density at radius 2 is 1.35 bits per heavy atom. The maximum Gasteiger partial charge on any atom is 0.250 e. The summed E-state index contributed by atoms with van der Waals surface area (Å²) in [5.74, 6) is -4.79. The first-order valence-electron chi connectivity index (χ1n) is 8.00. The number of carbonyl (C=O) groups is 1. The molecule has 0 bridgehead atoms. The lowest BCUT2D eigenvalue weighted by atomic mass is 10.0. The van der Waals surface area contributed by atoms with Crippen LogP contribution in [0.5, 0.6) is 5.75 Å². The van der Waals surface area contributed by atoms with Crippen molar-refractivity contribution in [2.75, 3.05) is 0 Å². The smallest absolute Gasteiger partial charge is 0.250 e. The fraction of sp³-hybridized carbons (Fsp3) is 0.316. The average molecular weight is 384 g/mol. The van der Waals surface area contributed by atoms with Crippen LogP contribution in [0.2, 0.25) is 18.1 Å². The number of aldehydes is 1. The fourth-order valence-electron chi connectivity index (χ4n) is 2.15. The summed E-state index contributed by atoms with van der Waals surface area (Å²) in [6.07, 6.45) is 0.285. The lowest BCUT2D eigenvalue weighted by Gasteiger charge is -2.36. The molecule has 2 aromatic rings. The minimum Gasteiger partial charge on any atom is -0.540 e. The summed E-state index contributed by atoms with van der Waals surface area (Å²) in [6.45, 7) is 9.42. The Bertz CT molecular complexity index is 811. The molecular formula is C19H20F4O2Si. The van der Waals surface area contributed by atoms with Gasteiger partial charge in [0.05, 0.1) is 5.56 Å². The third-order valence-corrected chi connectivity index (χ3v) is 8.98. The second kappa shape index (κ2) is 6.87. The van der Waals surface area contributed by atoms with Crippen molar-refractivity contribution >= 4 is 14.6 Å². The molecule has 2 nitrogen and oxygen atoms in total. The predicted molar refractivity (Wildman–Crippen MR) is 94.9 cm³/mol. The van der Waals surface area contributed by atoms with E-state index in [1.807, 2.05) is 33.9 Å². The van der Waals surface area contributed by atoms with Gasteiger partial charge in [0.2, 0.25) is 0 Å². The van der Waals surface area contributed by atoms with Gasteiger partial charge >= 0.3 is 0 Å². The number of halogens is 4. The van der Waals surface area contributed by atoms with Crippen LogP contribution in [-0.2, 0) is 0 Å². The van der Waals surface area contributed by atoms with Crippen molar-refractivity contribution in [2.45, 2.75) is 38.9 Å². The molecule has 0 aliphatic rings. The number of benzene rings is 2. The van der Waals surface area contributed by atoms with Crippen LogP contribution in [0.3, 0.4) is 0 Å². The summed E-state index contributed by atoms with van der Waals surface area (Å²) in [5.41, 5.74) is -1.12. The lowest BCUT2D eigenvalue weighted by Crippen LogP contribution is -2.44. The van der Waals surface area contributed by atoms with Crippen LogP contribution in [0, 0.1) is 23.3 Å². The lowest BCUT2D eigenvalue weighted by molar-refractivity contribution is 0.112. The van der Waals surface area contributed by atoms with Crippen molar-refractivity contribution in [2.24, 2.45) is 0 Å². The van der Waals surface area contributed by atoms with Crippen LogP contribution >= 0.6 is 0 Å². The zero-order valence-electron chi connectivity index (χ0n) is 15.2. The summed E-state index contributed by atoms with van der Waals surface area (Å²) < 4.78 is 62.8. The van der Waals surface area contributed by atoms with Crippen LogP contribution < -0.4 is 4.43 Å². The van der Waals surface area contributed by atoms with Crippen molar-refractivity contribution in [3.63, 3.8) is 0 Å². The highest BCUT2D eigenvalue weighted by molar-refractivity contribution is 6.74. The summed E-state index contributed by atoms with van der Waals surface area (Å²) in [7, 11) is -2.51. The van der Waals surface area contributed by atoms with Gasteiger partial charge in [0, 0.05) is 5.56 Å². The van der Waals surface area contributed by atoms with Gasteiger partial charge in [-0.15, -0.1) is 0 Å². The molecule has 0 radical (unpaired) electrons. The zero-order valence-corrected chi connectivity index (χ0v) is 16.2. The van der Waals surface area contributed by atoms with E-state index < -0.39 is 42.9 Å². The maximum atomic E-state index is 14.5. The minimum atomic E-state index is -2.51. The first kappa shape index (κ1) is 20.2. The molecule has 0 aliphatic carbocycles. The van der Waals surface area contributed by atoms with Crippen molar-refractivity contribution in [1.82, 2.24) is 0 Å². The topological polar surface area (TPSA) is 26.3 Å². The molecule has 2 rings (SSSR count). The maximum absolute atomic E-state index is 14.5. The summed E-state index contributed by atoms with van der Waals surface area (Å²) in [6, 6.07) is 3.27. The van der Waals surface area contributed by atoms with Crippen molar-refractivity contribution < 1.29 is 26.8 Å². The van der Waals surface area contributed by atoms with Crippen LogP contribution in [-0.4, -0.2) is 14.6 Å². The Hall–Kier alpha value is -2.15. The van der Waals surface area contributed by atoms with E-state index in [-0.39, 0.29) is 22.5 Å². The molecule has 0 heterocycles. The molecule has 26 heavy (non-hydrogen) atoms. The minimum absolute atomic E-state index is 0.206. The Labute approximate surface area is 150 Å². The second-order valence-corrected chi connectivity index (χ2v) is 12.3. The number of rotatable bonds is 4. The van der Waals surface area contributed by atoms with E-state index in [9.17, 15) is 22.4 Å². The molecule has 0 saturated heterocycles. The van der Waals surface area contributed by atoms with Crippen LogP contribution in [0.4, 0.5) is 17.6 Å². The normalized spacial score (nSPS) is 12.2. The van der Waals surface area contributed by atoms with Gasteiger partial charge in [0.15, 0.2) is 17.4 Å². The average Bonchev–Trinajstić information content (AvgIpc) is 2.49. The van der Waals surface area contributed by atoms with E-state index in [1.165, 1.54) is 0 Å². The second-order valence-electron chi connectivity index (χ2n) is 7.61. The van der Waals surface area contributed by atoms with Crippen LogP contribution in [0.15, 0.2) is 24.3 Å². The third kappa shape index (κ3) is 3.82. The molecule has 0 aromatic heterocycles. The van der Waals surface area contributed by atoms with Gasteiger partial charge in [-0.1, -0.05) is 20.8 Å². The molecule has 0 aliphatic heterocycles. The molecule has 7 heteroatoms. The van der Waals surface area contributed by atoms with E-state index >= 15 is 0 Å². The first-order valence-corrected chi connectivity index (χ1v) is 10.9. The summed E-state index contributed by atoms with van der Waals surface area (Å²) >= 11 is 0. The Morgan fingerprint density at radius 1 is 0.885 bits per heavy atom. The highest BCUT2D eigenvalue weighted by Crippen LogP contribution is 2.40. The van der Waals surface area contributed by atoms with Crippen molar-refractivity contribution in [3.05, 3.63) is 53.1 Å². The monoisotopic (exact) mass is 384 g/mol. The molecule has 0 unspecified atom stereocenters. The first-order chi connectivity index (χ1) is 11.9.